The molecule has 1 heterocycles. The number of anilines is 1. The summed E-state index contributed by atoms with van der Waals surface area (Å²) < 4.78 is 5.43. The van der Waals surface area contributed by atoms with Crippen molar-refractivity contribution >= 4 is 17.5 Å². The summed E-state index contributed by atoms with van der Waals surface area (Å²) in [6.07, 6.45) is 13.4. The molecule has 162 valence electrons. The number of rotatable bonds is 15. The second kappa shape index (κ2) is 13.4. The number of hydrogen-bond donors (Lipinski definition) is 1. The predicted molar refractivity (Wildman–Crippen MR) is 117 cm³/mol. The van der Waals surface area contributed by atoms with Gasteiger partial charge in [0.15, 0.2) is 6.04 Å². The van der Waals surface area contributed by atoms with Crippen LogP contribution in [0.4, 0.5) is 5.69 Å². The number of carbonyl (C=O) groups excluding carboxylic acids is 2. The largest absolute Gasteiger partial charge is 0.494 e. The lowest BCUT2D eigenvalue weighted by Gasteiger charge is -2.15. The molecule has 1 aromatic rings. The summed E-state index contributed by atoms with van der Waals surface area (Å²) in [5.74, 6) is 0.550. The number of ether oxygens (including phenoxy) is 1. The lowest BCUT2D eigenvalue weighted by atomic mass is 10.1. The third-order valence-electron chi connectivity index (χ3n) is 5.60. The van der Waals surface area contributed by atoms with Gasteiger partial charge >= 0.3 is 0 Å². The molecule has 0 bridgehead atoms. The molecule has 5 heteroatoms. The van der Waals surface area contributed by atoms with Crippen molar-refractivity contribution < 1.29 is 19.6 Å². The highest BCUT2D eigenvalue weighted by molar-refractivity contribution is 6.21. The van der Waals surface area contributed by atoms with Crippen molar-refractivity contribution in [1.82, 2.24) is 0 Å². The zero-order chi connectivity index (χ0) is 20.9. The summed E-state index contributed by atoms with van der Waals surface area (Å²) >= 11 is 0. The van der Waals surface area contributed by atoms with E-state index in [4.69, 9.17) is 4.74 Å². The van der Waals surface area contributed by atoms with Crippen LogP contribution in [0.5, 0.6) is 5.75 Å². The highest BCUT2D eigenvalue weighted by atomic mass is 16.5. The molecule has 2 N–H and O–H groups in total. The number of unbranched alkanes of at least 4 members (excludes halogenated alkanes) is 9. The Kier molecular flexibility index (Phi) is 10.8. The van der Waals surface area contributed by atoms with Crippen LogP contribution in [0.2, 0.25) is 0 Å². The first-order chi connectivity index (χ1) is 14.2. The molecule has 0 aliphatic carbocycles. The molecular weight excluding hydrogens is 364 g/mol. The predicted octanol–water partition coefficient (Wildman–Crippen LogP) is 4.20. The van der Waals surface area contributed by atoms with E-state index in [9.17, 15) is 9.59 Å². The second-order valence-electron chi connectivity index (χ2n) is 8.01. The van der Waals surface area contributed by atoms with Gasteiger partial charge in [-0.05, 0) is 44.0 Å². The number of nitrogens with zero attached hydrogens (tertiary/aromatic N) is 1. The van der Waals surface area contributed by atoms with Gasteiger partial charge in [0.25, 0.3) is 5.91 Å². The first kappa shape index (κ1) is 23.4. The number of quaternary nitrogens is 1. The van der Waals surface area contributed by atoms with Crippen LogP contribution in [0.15, 0.2) is 24.3 Å². The Morgan fingerprint density at radius 1 is 0.897 bits per heavy atom. The minimum atomic E-state index is -0.271. The molecule has 2 amide bonds. The van der Waals surface area contributed by atoms with Gasteiger partial charge in [0.1, 0.15) is 5.75 Å². The number of imide groups is 1. The van der Waals surface area contributed by atoms with E-state index in [-0.39, 0.29) is 17.9 Å². The first-order valence-electron chi connectivity index (χ1n) is 11.6. The lowest BCUT2D eigenvalue weighted by Crippen LogP contribution is -2.91. The summed E-state index contributed by atoms with van der Waals surface area (Å²) in [4.78, 5) is 26.4. The van der Waals surface area contributed by atoms with Crippen LogP contribution in [0, 0.1) is 0 Å². The normalized spacial score (nSPS) is 16.6. The van der Waals surface area contributed by atoms with Crippen LogP contribution < -0.4 is 15.0 Å². The molecule has 2 rings (SSSR count). The summed E-state index contributed by atoms with van der Waals surface area (Å²) in [6.45, 7) is 5.69. The Hall–Kier alpha value is -1.88. The smallest absolute Gasteiger partial charge is 0.292 e. The van der Waals surface area contributed by atoms with Crippen LogP contribution in [-0.2, 0) is 9.59 Å². The average Bonchev–Trinajstić information content (AvgIpc) is 3.00. The molecule has 0 radical (unpaired) electrons. The monoisotopic (exact) mass is 403 g/mol. The molecule has 1 fully saturated rings. The maximum atomic E-state index is 12.7. The van der Waals surface area contributed by atoms with Gasteiger partial charge in [0.05, 0.1) is 25.3 Å². The van der Waals surface area contributed by atoms with Crippen molar-refractivity contribution in [1.29, 1.82) is 0 Å². The fourth-order valence-corrected chi connectivity index (χ4v) is 3.92. The maximum Gasteiger partial charge on any atom is 0.292 e. The fraction of sp³-hybridized carbons (Fsp3) is 0.667. The van der Waals surface area contributed by atoms with Gasteiger partial charge in [-0.3, -0.25) is 9.59 Å². The van der Waals surface area contributed by atoms with E-state index in [0.717, 1.165) is 18.7 Å². The second-order valence-corrected chi connectivity index (χ2v) is 8.01. The maximum absolute atomic E-state index is 12.7. The van der Waals surface area contributed by atoms with Crippen molar-refractivity contribution in [2.75, 3.05) is 18.1 Å². The Bertz CT molecular complexity index is 615. The van der Waals surface area contributed by atoms with Crippen LogP contribution in [0.25, 0.3) is 0 Å². The molecule has 0 unspecified atom stereocenters. The zero-order valence-corrected chi connectivity index (χ0v) is 18.3. The highest BCUT2D eigenvalue weighted by Gasteiger charge is 2.41. The highest BCUT2D eigenvalue weighted by Crippen LogP contribution is 2.24. The van der Waals surface area contributed by atoms with Gasteiger partial charge < -0.3 is 10.1 Å². The first-order valence-corrected chi connectivity index (χ1v) is 11.6. The summed E-state index contributed by atoms with van der Waals surface area (Å²) in [7, 11) is 0. The van der Waals surface area contributed by atoms with Gasteiger partial charge in [0.2, 0.25) is 5.91 Å². The van der Waals surface area contributed by atoms with Gasteiger partial charge in [-0.15, -0.1) is 0 Å². The number of benzene rings is 1. The molecule has 1 aromatic carbocycles. The lowest BCUT2D eigenvalue weighted by molar-refractivity contribution is -0.674. The number of hydrogen-bond acceptors (Lipinski definition) is 3. The zero-order valence-electron chi connectivity index (χ0n) is 18.3. The molecule has 1 aliphatic heterocycles. The Morgan fingerprint density at radius 2 is 1.48 bits per heavy atom. The summed E-state index contributed by atoms with van der Waals surface area (Å²) in [5.41, 5.74) is 0.637. The van der Waals surface area contributed by atoms with E-state index in [1.165, 1.54) is 62.7 Å². The summed E-state index contributed by atoms with van der Waals surface area (Å²) in [6, 6.07) is 6.91. The third kappa shape index (κ3) is 7.81. The Balaban J connectivity index is 1.62. The minimum absolute atomic E-state index is 0.0914. The van der Waals surface area contributed by atoms with Crippen LogP contribution in [0.3, 0.4) is 0 Å². The van der Waals surface area contributed by atoms with Crippen molar-refractivity contribution in [3.05, 3.63) is 24.3 Å². The van der Waals surface area contributed by atoms with Gasteiger partial charge in [0, 0.05) is 0 Å². The molecule has 29 heavy (non-hydrogen) atoms. The van der Waals surface area contributed by atoms with Gasteiger partial charge in [-0.1, -0.05) is 58.3 Å². The Labute approximate surface area is 176 Å². The standard InChI is InChI=1S/C24H38N2O3/c1-3-5-6-7-8-9-10-11-12-13-18-25-22-19-23(27)26(24(22)28)20-14-16-21(17-15-20)29-4-2/h14-17,22,25H,3-13,18-19H2,1-2H3/p+1/t22-/m0/s1. The van der Waals surface area contributed by atoms with Crippen molar-refractivity contribution in [2.45, 2.75) is 90.5 Å². The molecule has 0 spiro atoms. The molecule has 1 atom stereocenters. The molecule has 1 aliphatic rings. The van der Waals surface area contributed by atoms with Crippen molar-refractivity contribution in [2.24, 2.45) is 0 Å². The van der Waals surface area contributed by atoms with E-state index in [1.807, 2.05) is 6.92 Å². The van der Waals surface area contributed by atoms with E-state index < -0.39 is 0 Å². The van der Waals surface area contributed by atoms with Crippen LogP contribution >= 0.6 is 0 Å². The van der Waals surface area contributed by atoms with Crippen LogP contribution in [-0.4, -0.2) is 31.0 Å². The number of nitrogens with two attached hydrogens (primary N) is 1. The molecule has 1 saturated heterocycles. The number of amides is 2. The molecule has 0 aromatic heterocycles. The van der Waals surface area contributed by atoms with E-state index >= 15 is 0 Å². The summed E-state index contributed by atoms with van der Waals surface area (Å²) in [5, 5.41) is 2.06. The molecule has 5 nitrogen and oxygen atoms in total. The topological polar surface area (TPSA) is 63.2 Å². The third-order valence-corrected chi connectivity index (χ3v) is 5.60. The molecule has 0 saturated carbocycles. The van der Waals surface area contributed by atoms with Gasteiger partial charge in [-0.25, -0.2) is 4.90 Å². The van der Waals surface area contributed by atoms with E-state index in [1.54, 1.807) is 24.3 Å². The fourth-order valence-electron chi connectivity index (χ4n) is 3.92. The minimum Gasteiger partial charge on any atom is -0.494 e. The SMILES string of the molecule is CCCCCCCCCCCC[NH2+][C@H]1CC(=O)N(c2ccc(OCC)cc2)C1=O. The Morgan fingerprint density at radius 3 is 2.07 bits per heavy atom. The van der Waals surface area contributed by atoms with E-state index in [2.05, 4.69) is 12.2 Å². The molecular formula is C24H39N2O3+. The quantitative estimate of drug-likeness (QED) is 0.353. The van der Waals surface area contributed by atoms with Crippen molar-refractivity contribution in [3.63, 3.8) is 0 Å². The number of carbonyl (C=O) groups is 2. The van der Waals surface area contributed by atoms with Crippen LogP contribution in [0.1, 0.15) is 84.5 Å². The van der Waals surface area contributed by atoms with Gasteiger partial charge in [-0.2, -0.15) is 0 Å². The van der Waals surface area contributed by atoms with E-state index in [0.29, 0.717) is 18.7 Å². The van der Waals surface area contributed by atoms with Crippen molar-refractivity contribution in [3.8, 4) is 5.75 Å². The average molecular weight is 404 g/mol.